The Morgan fingerprint density at radius 1 is 1.62 bits per heavy atom. The van der Waals surface area contributed by atoms with Crippen molar-refractivity contribution in [2.75, 3.05) is 0 Å². The van der Waals surface area contributed by atoms with Gasteiger partial charge in [0, 0.05) is 11.1 Å². The van der Waals surface area contributed by atoms with Crippen molar-refractivity contribution in [2.45, 2.75) is 31.1 Å². The van der Waals surface area contributed by atoms with E-state index in [-0.39, 0.29) is 0 Å². The molecular formula is C10H12N2S. The molecule has 1 rings (SSSR count). The molecule has 0 aliphatic carbocycles. The number of nitriles is 1. The molecular weight excluding hydrogens is 180 g/mol. The molecule has 0 spiro atoms. The van der Waals surface area contributed by atoms with Gasteiger partial charge in [-0.25, -0.2) is 4.98 Å². The van der Waals surface area contributed by atoms with E-state index in [0.29, 0.717) is 10.6 Å². The number of hydrogen-bond donors (Lipinski definition) is 1. The van der Waals surface area contributed by atoms with Crippen LogP contribution in [0.15, 0.2) is 17.2 Å². The second-order valence-corrected chi connectivity index (χ2v) is 3.41. The van der Waals surface area contributed by atoms with Gasteiger partial charge in [0.05, 0.1) is 0 Å². The van der Waals surface area contributed by atoms with Gasteiger partial charge in [-0.15, -0.1) is 12.6 Å². The van der Waals surface area contributed by atoms with Gasteiger partial charge in [-0.05, 0) is 24.5 Å². The zero-order chi connectivity index (χ0) is 9.68. The SMILES string of the molecule is CCCCc1cnc(C#N)c(S)c1. The molecule has 68 valence electrons. The Kier molecular flexibility index (Phi) is 3.78. The molecule has 13 heavy (non-hydrogen) atoms. The molecule has 1 heterocycles. The quantitative estimate of drug-likeness (QED) is 0.747. The normalized spacial score (nSPS) is 9.62. The zero-order valence-electron chi connectivity index (χ0n) is 7.62. The number of unbranched alkanes of at least 4 members (excludes halogenated alkanes) is 1. The molecule has 0 amide bonds. The third-order valence-electron chi connectivity index (χ3n) is 1.85. The van der Waals surface area contributed by atoms with Crippen LogP contribution in [0, 0.1) is 11.3 Å². The van der Waals surface area contributed by atoms with Crippen molar-refractivity contribution in [1.29, 1.82) is 5.26 Å². The maximum Gasteiger partial charge on any atom is 0.153 e. The predicted molar refractivity (Wildman–Crippen MR) is 54.8 cm³/mol. The monoisotopic (exact) mass is 192 g/mol. The van der Waals surface area contributed by atoms with Gasteiger partial charge < -0.3 is 0 Å². The fraction of sp³-hybridized carbons (Fsp3) is 0.400. The van der Waals surface area contributed by atoms with Crippen molar-refractivity contribution in [3.05, 3.63) is 23.5 Å². The number of nitrogens with zero attached hydrogens (tertiary/aromatic N) is 2. The summed E-state index contributed by atoms with van der Waals surface area (Å²) in [5.41, 5.74) is 1.56. The fourth-order valence-corrected chi connectivity index (χ4v) is 1.37. The minimum atomic E-state index is 0.406. The molecule has 0 saturated carbocycles. The molecule has 0 atom stereocenters. The molecule has 0 saturated heterocycles. The van der Waals surface area contributed by atoms with Crippen LogP contribution in [-0.2, 0) is 6.42 Å². The number of thiol groups is 1. The van der Waals surface area contributed by atoms with Crippen LogP contribution in [0.25, 0.3) is 0 Å². The predicted octanol–water partition coefficient (Wildman–Crippen LogP) is 2.58. The van der Waals surface area contributed by atoms with Crippen molar-refractivity contribution in [3.8, 4) is 6.07 Å². The van der Waals surface area contributed by atoms with Crippen molar-refractivity contribution in [2.24, 2.45) is 0 Å². The molecule has 3 heteroatoms. The largest absolute Gasteiger partial charge is 0.244 e. The third-order valence-corrected chi connectivity index (χ3v) is 2.19. The Hall–Kier alpha value is -1.01. The second-order valence-electron chi connectivity index (χ2n) is 2.93. The lowest BCUT2D eigenvalue weighted by Gasteiger charge is -2.00. The Morgan fingerprint density at radius 2 is 2.38 bits per heavy atom. The lowest BCUT2D eigenvalue weighted by molar-refractivity contribution is 0.789. The highest BCUT2D eigenvalue weighted by Gasteiger charge is 2.00. The summed E-state index contributed by atoms with van der Waals surface area (Å²) in [5, 5.41) is 8.62. The molecule has 0 unspecified atom stereocenters. The average Bonchev–Trinajstić information content (AvgIpc) is 2.15. The maximum absolute atomic E-state index is 8.62. The lowest BCUT2D eigenvalue weighted by atomic mass is 10.1. The van der Waals surface area contributed by atoms with Gasteiger partial charge in [0.1, 0.15) is 6.07 Å². The van der Waals surface area contributed by atoms with Gasteiger partial charge in [0.2, 0.25) is 0 Å². The second kappa shape index (κ2) is 4.88. The van der Waals surface area contributed by atoms with E-state index < -0.39 is 0 Å². The lowest BCUT2D eigenvalue weighted by Crippen LogP contribution is -1.90. The highest BCUT2D eigenvalue weighted by atomic mass is 32.1. The first-order chi connectivity index (χ1) is 6.27. The minimum absolute atomic E-state index is 0.406. The summed E-state index contributed by atoms with van der Waals surface area (Å²) >= 11 is 4.18. The van der Waals surface area contributed by atoms with Crippen molar-refractivity contribution in [1.82, 2.24) is 4.98 Å². The molecule has 2 nitrogen and oxygen atoms in total. The maximum atomic E-state index is 8.62. The van der Waals surface area contributed by atoms with Crippen LogP contribution in [0.3, 0.4) is 0 Å². The van der Waals surface area contributed by atoms with Crippen LogP contribution in [0.5, 0.6) is 0 Å². The molecule has 1 aromatic heterocycles. The van der Waals surface area contributed by atoms with Gasteiger partial charge in [0.25, 0.3) is 0 Å². The molecule has 1 aromatic rings. The molecule has 0 radical (unpaired) electrons. The van der Waals surface area contributed by atoms with Crippen molar-refractivity contribution in [3.63, 3.8) is 0 Å². The number of aryl methyl sites for hydroxylation is 1. The highest BCUT2D eigenvalue weighted by Crippen LogP contribution is 2.13. The van der Waals surface area contributed by atoms with Crippen LogP contribution in [-0.4, -0.2) is 4.98 Å². The number of aromatic nitrogens is 1. The fourth-order valence-electron chi connectivity index (χ4n) is 1.10. The first kappa shape index (κ1) is 10.1. The Bertz CT molecular complexity index is 328. The van der Waals surface area contributed by atoms with Crippen LogP contribution in [0.4, 0.5) is 0 Å². The summed E-state index contributed by atoms with van der Waals surface area (Å²) in [6, 6.07) is 3.91. The minimum Gasteiger partial charge on any atom is -0.244 e. The van der Waals surface area contributed by atoms with E-state index in [1.807, 2.05) is 12.1 Å². The van der Waals surface area contributed by atoms with E-state index in [4.69, 9.17) is 5.26 Å². The smallest absolute Gasteiger partial charge is 0.153 e. The van der Waals surface area contributed by atoms with Gasteiger partial charge >= 0.3 is 0 Å². The summed E-state index contributed by atoms with van der Waals surface area (Å²) in [6.45, 7) is 2.15. The Labute approximate surface area is 84.0 Å². The summed E-state index contributed by atoms with van der Waals surface area (Å²) in [6.07, 6.45) is 5.10. The van der Waals surface area contributed by atoms with E-state index in [1.54, 1.807) is 6.20 Å². The Balaban J connectivity index is 2.79. The van der Waals surface area contributed by atoms with Crippen LogP contribution in [0.1, 0.15) is 31.0 Å². The molecule has 0 aliphatic rings. The van der Waals surface area contributed by atoms with E-state index in [1.165, 1.54) is 6.42 Å². The van der Waals surface area contributed by atoms with Crippen molar-refractivity contribution >= 4 is 12.6 Å². The summed E-state index contributed by atoms with van der Waals surface area (Å²) in [4.78, 5) is 4.69. The zero-order valence-corrected chi connectivity index (χ0v) is 8.51. The van der Waals surface area contributed by atoms with E-state index >= 15 is 0 Å². The molecule has 0 aromatic carbocycles. The summed E-state index contributed by atoms with van der Waals surface area (Å²) in [5.74, 6) is 0. The molecule has 0 fully saturated rings. The van der Waals surface area contributed by atoms with Gasteiger partial charge in [-0.2, -0.15) is 5.26 Å². The average molecular weight is 192 g/mol. The van der Waals surface area contributed by atoms with Crippen LogP contribution in [0.2, 0.25) is 0 Å². The van der Waals surface area contributed by atoms with E-state index in [9.17, 15) is 0 Å². The molecule has 0 bridgehead atoms. The van der Waals surface area contributed by atoms with E-state index in [0.717, 1.165) is 18.4 Å². The van der Waals surface area contributed by atoms with Gasteiger partial charge in [-0.1, -0.05) is 13.3 Å². The number of hydrogen-bond acceptors (Lipinski definition) is 3. The standard InChI is InChI=1S/C10H12N2S/c1-2-3-4-8-5-10(13)9(6-11)12-7-8/h5,7,13H,2-4H2,1H3. The number of rotatable bonds is 3. The highest BCUT2D eigenvalue weighted by molar-refractivity contribution is 7.80. The van der Waals surface area contributed by atoms with Gasteiger partial charge in [-0.3, -0.25) is 0 Å². The number of pyridine rings is 1. The van der Waals surface area contributed by atoms with Crippen molar-refractivity contribution < 1.29 is 0 Å². The Morgan fingerprint density at radius 3 is 2.92 bits per heavy atom. The van der Waals surface area contributed by atoms with Crippen LogP contribution >= 0.6 is 12.6 Å². The summed E-state index contributed by atoms with van der Waals surface area (Å²) < 4.78 is 0. The summed E-state index contributed by atoms with van der Waals surface area (Å²) in [7, 11) is 0. The third kappa shape index (κ3) is 2.74. The molecule has 0 N–H and O–H groups in total. The first-order valence-electron chi connectivity index (χ1n) is 4.36. The topological polar surface area (TPSA) is 36.7 Å². The molecule has 0 aliphatic heterocycles. The van der Waals surface area contributed by atoms with Crippen LogP contribution < -0.4 is 0 Å². The first-order valence-corrected chi connectivity index (χ1v) is 4.80. The van der Waals surface area contributed by atoms with E-state index in [2.05, 4.69) is 24.5 Å². The van der Waals surface area contributed by atoms with Gasteiger partial charge in [0.15, 0.2) is 5.69 Å².